The Bertz CT molecular complexity index is 138. The molecule has 0 spiro atoms. The van der Waals surface area contributed by atoms with Crippen LogP contribution in [0.3, 0.4) is 0 Å². The lowest BCUT2D eigenvalue weighted by molar-refractivity contribution is -0.144. The Labute approximate surface area is 59.1 Å². The van der Waals surface area contributed by atoms with Gasteiger partial charge in [0.25, 0.3) is 0 Å². The van der Waals surface area contributed by atoms with Gasteiger partial charge in [0.15, 0.2) is 0 Å². The van der Waals surface area contributed by atoms with Crippen molar-refractivity contribution in [1.82, 2.24) is 4.90 Å². The van der Waals surface area contributed by atoms with Crippen molar-refractivity contribution < 1.29 is 15.0 Å². The van der Waals surface area contributed by atoms with Crippen molar-refractivity contribution in [2.45, 2.75) is 18.6 Å². The van der Waals surface area contributed by atoms with Gasteiger partial charge in [-0.2, -0.15) is 0 Å². The maximum atomic E-state index is 10.4. The second-order valence-corrected chi connectivity index (χ2v) is 2.62. The molecule has 1 aliphatic rings. The number of rotatable bonds is 1. The van der Waals surface area contributed by atoms with E-state index in [0.29, 0.717) is 13.0 Å². The van der Waals surface area contributed by atoms with Crippen molar-refractivity contribution in [3.8, 4) is 0 Å². The minimum Gasteiger partial charge on any atom is -0.480 e. The number of carboxylic acids is 1. The largest absolute Gasteiger partial charge is 0.480 e. The first kappa shape index (κ1) is 7.50. The summed E-state index contributed by atoms with van der Waals surface area (Å²) in [5, 5.41) is 17.7. The highest BCUT2D eigenvalue weighted by molar-refractivity contribution is 5.74. The number of carboxylic acid groups (broad SMARTS) is 1. The van der Waals surface area contributed by atoms with Crippen LogP contribution in [0.15, 0.2) is 0 Å². The Morgan fingerprint density at radius 2 is 2.30 bits per heavy atom. The molecule has 0 bridgehead atoms. The molecule has 2 N–H and O–H groups in total. The molecule has 0 aliphatic carbocycles. The Hall–Kier alpha value is -0.610. The van der Waals surface area contributed by atoms with Gasteiger partial charge in [-0.05, 0) is 13.5 Å². The summed E-state index contributed by atoms with van der Waals surface area (Å²) in [6, 6.07) is -0.694. The van der Waals surface area contributed by atoms with Gasteiger partial charge in [0.2, 0.25) is 0 Å². The molecule has 0 aromatic heterocycles. The number of likely N-dealkylation sites (N-methyl/N-ethyl adjacent to an activating group) is 1. The van der Waals surface area contributed by atoms with Crippen LogP contribution >= 0.6 is 0 Å². The van der Waals surface area contributed by atoms with Crippen molar-refractivity contribution >= 4 is 5.97 Å². The van der Waals surface area contributed by atoms with E-state index in [-0.39, 0.29) is 0 Å². The molecule has 10 heavy (non-hydrogen) atoms. The summed E-state index contributed by atoms with van der Waals surface area (Å²) < 4.78 is 0. The van der Waals surface area contributed by atoms with Gasteiger partial charge >= 0.3 is 5.97 Å². The average molecular weight is 145 g/mol. The zero-order chi connectivity index (χ0) is 7.72. The molecule has 0 aromatic rings. The SMILES string of the molecule is CN1CCC(O)[C@H]1C(=O)O. The monoisotopic (exact) mass is 145 g/mol. The van der Waals surface area contributed by atoms with Gasteiger partial charge in [-0.15, -0.1) is 0 Å². The standard InChI is InChI=1S/C6H11NO3/c1-7-3-2-4(8)5(7)6(9)10/h4-5,8H,2-3H2,1H3,(H,9,10)/t4?,5-/m0/s1. The third-order valence-corrected chi connectivity index (χ3v) is 1.87. The quantitative estimate of drug-likeness (QED) is 0.504. The Morgan fingerprint density at radius 1 is 1.70 bits per heavy atom. The van der Waals surface area contributed by atoms with Gasteiger partial charge in [0.05, 0.1) is 6.10 Å². The highest BCUT2D eigenvalue weighted by Gasteiger charge is 2.35. The third-order valence-electron chi connectivity index (χ3n) is 1.87. The number of aliphatic carboxylic acids is 1. The summed E-state index contributed by atoms with van der Waals surface area (Å²) in [5.41, 5.74) is 0. The van der Waals surface area contributed by atoms with Crippen molar-refractivity contribution in [1.29, 1.82) is 0 Å². The van der Waals surface area contributed by atoms with E-state index in [0.717, 1.165) is 0 Å². The number of aliphatic hydroxyl groups is 1. The minimum absolute atomic E-state index is 0.563. The molecule has 2 atom stereocenters. The van der Waals surface area contributed by atoms with Crippen LogP contribution in [0, 0.1) is 0 Å². The molecule has 1 unspecified atom stereocenters. The first-order valence-electron chi connectivity index (χ1n) is 3.24. The third kappa shape index (κ3) is 1.12. The van der Waals surface area contributed by atoms with Gasteiger partial charge in [0.1, 0.15) is 6.04 Å². The molecule has 0 amide bonds. The first-order chi connectivity index (χ1) is 4.63. The smallest absolute Gasteiger partial charge is 0.323 e. The van der Waals surface area contributed by atoms with Crippen molar-refractivity contribution in [2.75, 3.05) is 13.6 Å². The Balaban J connectivity index is 2.63. The molecule has 58 valence electrons. The molecular weight excluding hydrogens is 134 g/mol. The fourth-order valence-electron chi connectivity index (χ4n) is 1.28. The van der Waals surface area contributed by atoms with Gasteiger partial charge < -0.3 is 10.2 Å². The molecule has 0 saturated carbocycles. The minimum atomic E-state index is -0.937. The molecule has 0 aromatic carbocycles. The van der Waals surface area contributed by atoms with Crippen LogP contribution in [-0.4, -0.2) is 46.8 Å². The van der Waals surface area contributed by atoms with E-state index in [1.54, 1.807) is 11.9 Å². The van der Waals surface area contributed by atoms with Crippen LogP contribution in [0.4, 0.5) is 0 Å². The van der Waals surface area contributed by atoms with Crippen LogP contribution in [0.2, 0.25) is 0 Å². The zero-order valence-corrected chi connectivity index (χ0v) is 5.82. The number of carbonyl (C=O) groups is 1. The molecular formula is C6H11NO3. The predicted octanol–water partition coefficient (Wildman–Crippen LogP) is -0.864. The van der Waals surface area contributed by atoms with Crippen molar-refractivity contribution in [3.63, 3.8) is 0 Å². The van der Waals surface area contributed by atoms with Gasteiger partial charge in [-0.1, -0.05) is 0 Å². The van der Waals surface area contributed by atoms with Crippen LogP contribution in [-0.2, 0) is 4.79 Å². The van der Waals surface area contributed by atoms with E-state index in [4.69, 9.17) is 10.2 Å². The summed E-state index contributed by atoms with van der Waals surface area (Å²) in [7, 11) is 1.70. The molecule has 1 fully saturated rings. The maximum absolute atomic E-state index is 10.4. The van der Waals surface area contributed by atoms with Crippen molar-refractivity contribution in [2.24, 2.45) is 0 Å². The summed E-state index contributed by atoms with van der Waals surface area (Å²) >= 11 is 0. The van der Waals surface area contributed by atoms with Crippen LogP contribution in [0.1, 0.15) is 6.42 Å². The lowest BCUT2D eigenvalue weighted by Crippen LogP contribution is -2.39. The first-order valence-corrected chi connectivity index (χ1v) is 3.24. The number of aliphatic hydroxyl groups excluding tert-OH is 1. The predicted molar refractivity (Wildman–Crippen MR) is 34.7 cm³/mol. The fourth-order valence-corrected chi connectivity index (χ4v) is 1.28. The van der Waals surface area contributed by atoms with E-state index in [9.17, 15) is 4.79 Å². The van der Waals surface area contributed by atoms with E-state index >= 15 is 0 Å². The van der Waals surface area contributed by atoms with Gasteiger partial charge in [-0.25, -0.2) is 0 Å². The lowest BCUT2D eigenvalue weighted by atomic mass is 10.2. The van der Waals surface area contributed by atoms with E-state index in [1.807, 2.05) is 0 Å². The maximum Gasteiger partial charge on any atom is 0.323 e. The second-order valence-electron chi connectivity index (χ2n) is 2.62. The molecule has 1 rings (SSSR count). The average Bonchev–Trinajstić information content (AvgIpc) is 2.11. The van der Waals surface area contributed by atoms with E-state index in [1.165, 1.54) is 0 Å². The van der Waals surface area contributed by atoms with Crippen LogP contribution < -0.4 is 0 Å². The molecule has 4 heteroatoms. The topological polar surface area (TPSA) is 60.8 Å². The summed E-state index contributed by atoms with van der Waals surface area (Å²) in [6.45, 7) is 0.665. The number of likely N-dealkylation sites (tertiary alicyclic amines) is 1. The number of nitrogens with zero attached hydrogens (tertiary/aromatic N) is 1. The van der Waals surface area contributed by atoms with Gasteiger partial charge in [0, 0.05) is 6.54 Å². The number of hydrogen-bond donors (Lipinski definition) is 2. The van der Waals surface area contributed by atoms with Crippen LogP contribution in [0.25, 0.3) is 0 Å². The van der Waals surface area contributed by atoms with Crippen molar-refractivity contribution in [3.05, 3.63) is 0 Å². The highest BCUT2D eigenvalue weighted by Crippen LogP contribution is 2.15. The zero-order valence-electron chi connectivity index (χ0n) is 5.82. The Morgan fingerprint density at radius 3 is 2.50 bits per heavy atom. The highest BCUT2D eigenvalue weighted by atomic mass is 16.4. The van der Waals surface area contributed by atoms with Gasteiger partial charge in [-0.3, -0.25) is 9.69 Å². The fraction of sp³-hybridized carbons (Fsp3) is 0.833. The molecule has 0 radical (unpaired) electrons. The lowest BCUT2D eigenvalue weighted by Gasteiger charge is -2.16. The summed E-state index contributed by atoms with van der Waals surface area (Å²) in [5.74, 6) is -0.937. The Kier molecular flexibility index (Phi) is 1.92. The molecule has 1 saturated heterocycles. The van der Waals surface area contributed by atoms with E-state index in [2.05, 4.69) is 0 Å². The van der Waals surface area contributed by atoms with E-state index < -0.39 is 18.1 Å². The summed E-state index contributed by atoms with van der Waals surface area (Å²) in [6.07, 6.45) is -0.129. The number of hydrogen-bond acceptors (Lipinski definition) is 3. The molecule has 4 nitrogen and oxygen atoms in total. The summed E-state index contributed by atoms with van der Waals surface area (Å²) in [4.78, 5) is 12.1. The van der Waals surface area contributed by atoms with Crippen LogP contribution in [0.5, 0.6) is 0 Å². The molecule has 1 aliphatic heterocycles. The second kappa shape index (κ2) is 2.56. The molecule has 1 heterocycles. The normalized spacial score (nSPS) is 34.6.